The van der Waals surface area contributed by atoms with Gasteiger partial charge in [-0.3, -0.25) is 14.4 Å². The molecule has 3 aromatic carbocycles. The van der Waals surface area contributed by atoms with E-state index in [1.54, 1.807) is 13.8 Å². The standard InChI is InChI=1S/C28H21ClF3N3O5/c1-15(2)40-27(39)17-5-3-8-21(13-17)35-25(37)22(29)23(26(35)38)33-19-11-9-16(10-12-19)24(36)34-20-7-4-6-18(14-20)28(30,31)32/h3-15,33H,1-2H3,(H,34,36). The van der Waals surface area contributed by atoms with Crippen LogP contribution in [-0.4, -0.2) is 29.8 Å². The molecule has 40 heavy (non-hydrogen) atoms. The number of nitrogens with zero attached hydrogens (tertiary/aromatic N) is 1. The number of esters is 1. The Hall–Kier alpha value is -4.64. The molecule has 0 spiro atoms. The van der Waals surface area contributed by atoms with E-state index in [4.69, 9.17) is 16.3 Å². The number of rotatable bonds is 7. The van der Waals surface area contributed by atoms with Crippen molar-refractivity contribution in [2.24, 2.45) is 0 Å². The van der Waals surface area contributed by atoms with E-state index in [0.29, 0.717) is 5.69 Å². The van der Waals surface area contributed by atoms with E-state index in [2.05, 4.69) is 10.6 Å². The van der Waals surface area contributed by atoms with Crippen LogP contribution in [-0.2, 0) is 20.5 Å². The van der Waals surface area contributed by atoms with Gasteiger partial charge < -0.3 is 15.4 Å². The Bertz CT molecular complexity index is 1530. The number of imide groups is 1. The highest BCUT2D eigenvalue weighted by Gasteiger charge is 2.39. The second-order valence-electron chi connectivity index (χ2n) is 8.87. The van der Waals surface area contributed by atoms with Gasteiger partial charge in [-0.15, -0.1) is 0 Å². The van der Waals surface area contributed by atoms with Gasteiger partial charge >= 0.3 is 12.1 Å². The van der Waals surface area contributed by atoms with Crippen molar-refractivity contribution in [3.63, 3.8) is 0 Å². The number of ether oxygens (including phenoxy) is 1. The van der Waals surface area contributed by atoms with Gasteiger partial charge in [-0.2, -0.15) is 13.2 Å². The second kappa shape index (κ2) is 11.2. The molecule has 1 aliphatic rings. The zero-order valence-corrected chi connectivity index (χ0v) is 21.8. The molecule has 3 aromatic rings. The van der Waals surface area contributed by atoms with E-state index in [1.165, 1.54) is 60.7 Å². The maximum atomic E-state index is 13.1. The van der Waals surface area contributed by atoms with Gasteiger partial charge in [0, 0.05) is 16.9 Å². The van der Waals surface area contributed by atoms with E-state index < -0.39 is 35.4 Å². The lowest BCUT2D eigenvalue weighted by Gasteiger charge is -2.16. The summed E-state index contributed by atoms with van der Waals surface area (Å²) in [6, 6.07) is 15.6. The minimum atomic E-state index is -4.55. The number of nitrogens with one attached hydrogen (secondary N) is 2. The maximum Gasteiger partial charge on any atom is 0.416 e. The first-order valence-corrected chi connectivity index (χ1v) is 12.2. The Morgan fingerprint density at radius 1 is 0.875 bits per heavy atom. The summed E-state index contributed by atoms with van der Waals surface area (Å²) < 4.78 is 44.0. The smallest absolute Gasteiger partial charge is 0.416 e. The van der Waals surface area contributed by atoms with Crippen molar-refractivity contribution in [3.8, 4) is 0 Å². The fourth-order valence-corrected chi connectivity index (χ4v) is 3.94. The molecule has 12 heteroatoms. The van der Waals surface area contributed by atoms with Gasteiger partial charge in [0.05, 0.1) is 22.9 Å². The molecule has 3 amide bonds. The van der Waals surface area contributed by atoms with Gasteiger partial charge in [0.1, 0.15) is 10.7 Å². The van der Waals surface area contributed by atoms with Gasteiger partial charge in [-0.1, -0.05) is 23.7 Å². The van der Waals surface area contributed by atoms with Crippen LogP contribution in [0.2, 0.25) is 0 Å². The molecular formula is C28H21ClF3N3O5. The predicted molar refractivity (Wildman–Crippen MR) is 142 cm³/mol. The molecule has 4 rings (SSSR count). The van der Waals surface area contributed by atoms with Crippen LogP contribution in [0.15, 0.2) is 83.5 Å². The first-order valence-electron chi connectivity index (χ1n) is 11.8. The third-order valence-electron chi connectivity index (χ3n) is 5.57. The minimum Gasteiger partial charge on any atom is -0.459 e. The normalized spacial score (nSPS) is 13.6. The maximum absolute atomic E-state index is 13.1. The fourth-order valence-electron chi connectivity index (χ4n) is 3.73. The molecule has 206 valence electrons. The van der Waals surface area contributed by atoms with Gasteiger partial charge in [0.15, 0.2) is 0 Å². The molecule has 0 atom stereocenters. The van der Waals surface area contributed by atoms with Crippen molar-refractivity contribution in [1.82, 2.24) is 0 Å². The summed E-state index contributed by atoms with van der Waals surface area (Å²) in [4.78, 5) is 51.5. The molecule has 8 nitrogen and oxygen atoms in total. The summed E-state index contributed by atoms with van der Waals surface area (Å²) in [7, 11) is 0. The first-order chi connectivity index (χ1) is 18.8. The quantitative estimate of drug-likeness (QED) is 0.268. The molecular weight excluding hydrogens is 551 g/mol. The van der Waals surface area contributed by atoms with Crippen molar-refractivity contribution in [2.75, 3.05) is 15.5 Å². The monoisotopic (exact) mass is 571 g/mol. The highest BCUT2D eigenvalue weighted by Crippen LogP contribution is 2.32. The fraction of sp³-hybridized carbons (Fsp3) is 0.143. The molecule has 0 fully saturated rings. The third-order valence-corrected chi connectivity index (χ3v) is 5.92. The number of hydrogen-bond donors (Lipinski definition) is 2. The minimum absolute atomic E-state index is 0.0318. The van der Waals surface area contributed by atoms with Gasteiger partial charge in [0.25, 0.3) is 17.7 Å². The van der Waals surface area contributed by atoms with E-state index in [9.17, 15) is 32.3 Å². The van der Waals surface area contributed by atoms with E-state index >= 15 is 0 Å². The van der Waals surface area contributed by atoms with Crippen molar-refractivity contribution < 1.29 is 37.1 Å². The third kappa shape index (κ3) is 6.15. The molecule has 0 saturated carbocycles. The van der Waals surface area contributed by atoms with Crippen molar-refractivity contribution in [3.05, 3.63) is 100 Å². The number of carbonyl (C=O) groups excluding carboxylic acids is 4. The Balaban J connectivity index is 1.47. The van der Waals surface area contributed by atoms with Gasteiger partial charge in [-0.05, 0) is 74.5 Å². The van der Waals surface area contributed by atoms with Crippen LogP contribution < -0.4 is 15.5 Å². The van der Waals surface area contributed by atoms with Crippen LogP contribution in [0.25, 0.3) is 0 Å². The number of carbonyl (C=O) groups is 4. The average molecular weight is 572 g/mol. The second-order valence-corrected chi connectivity index (χ2v) is 9.25. The zero-order chi connectivity index (χ0) is 29.2. The molecule has 0 saturated heterocycles. The number of amides is 3. The highest BCUT2D eigenvalue weighted by molar-refractivity contribution is 6.53. The molecule has 1 aliphatic heterocycles. The Morgan fingerprint density at radius 2 is 1.55 bits per heavy atom. The topological polar surface area (TPSA) is 105 Å². The Labute approximate surface area is 231 Å². The summed E-state index contributed by atoms with van der Waals surface area (Å²) in [5, 5.41) is 4.78. The summed E-state index contributed by atoms with van der Waals surface area (Å²) >= 11 is 6.18. The largest absolute Gasteiger partial charge is 0.459 e. The average Bonchev–Trinajstić information content (AvgIpc) is 3.11. The first kappa shape index (κ1) is 28.4. The van der Waals surface area contributed by atoms with E-state index in [-0.39, 0.29) is 39.3 Å². The van der Waals surface area contributed by atoms with Gasteiger partial charge in [-0.25, -0.2) is 9.69 Å². The SMILES string of the molecule is CC(C)OC(=O)c1cccc(N2C(=O)C(Cl)=C(Nc3ccc(C(=O)Nc4cccc(C(F)(F)F)c4)cc3)C2=O)c1. The van der Waals surface area contributed by atoms with Crippen LogP contribution in [0, 0.1) is 0 Å². The van der Waals surface area contributed by atoms with Crippen molar-refractivity contribution in [2.45, 2.75) is 26.1 Å². The molecule has 0 bridgehead atoms. The van der Waals surface area contributed by atoms with Crippen LogP contribution in [0.1, 0.15) is 40.1 Å². The molecule has 0 aliphatic carbocycles. The van der Waals surface area contributed by atoms with Crippen LogP contribution in [0.4, 0.5) is 30.2 Å². The summed E-state index contributed by atoms with van der Waals surface area (Å²) in [6.07, 6.45) is -4.92. The van der Waals surface area contributed by atoms with Crippen LogP contribution in [0.3, 0.4) is 0 Å². The number of halogens is 4. The summed E-state index contributed by atoms with van der Waals surface area (Å²) in [5.74, 6) is -2.85. The summed E-state index contributed by atoms with van der Waals surface area (Å²) in [5.41, 5.74) is -0.460. The van der Waals surface area contributed by atoms with Crippen LogP contribution >= 0.6 is 11.6 Å². The van der Waals surface area contributed by atoms with E-state index in [1.807, 2.05) is 0 Å². The molecule has 0 aromatic heterocycles. The number of benzene rings is 3. The molecule has 0 unspecified atom stereocenters. The number of alkyl halides is 3. The lowest BCUT2D eigenvalue weighted by molar-refractivity contribution is -0.137. The lowest BCUT2D eigenvalue weighted by Crippen LogP contribution is -2.32. The Morgan fingerprint density at radius 3 is 2.20 bits per heavy atom. The van der Waals surface area contributed by atoms with Crippen molar-refractivity contribution in [1.29, 1.82) is 0 Å². The summed E-state index contributed by atoms with van der Waals surface area (Å²) in [6.45, 7) is 3.37. The van der Waals surface area contributed by atoms with Crippen LogP contribution in [0.5, 0.6) is 0 Å². The number of hydrogen-bond acceptors (Lipinski definition) is 6. The lowest BCUT2D eigenvalue weighted by atomic mass is 10.1. The highest BCUT2D eigenvalue weighted by atomic mass is 35.5. The number of anilines is 3. The van der Waals surface area contributed by atoms with E-state index in [0.717, 1.165) is 17.0 Å². The van der Waals surface area contributed by atoms with Gasteiger partial charge in [0.2, 0.25) is 0 Å². The Kier molecular flexibility index (Phi) is 7.96. The molecule has 2 N–H and O–H groups in total. The zero-order valence-electron chi connectivity index (χ0n) is 21.0. The molecule has 0 radical (unpaired) electrons. The molecule has 1 heterocycles. The predicted octanol–water partition coefficient (Wildman–Crippen LogP) is 5.96. The van der Waals surface area contributed by atoms with Crippen molar-refractivity contribution >= 4 is 52.4 Å².